The summed E-state index contributed by atoms with van der Waals surface area (Å²) in [6.45, 7) is 6.74. The van der Waals surface area contributed by atoms with E-state index in [0.29, 0.717) is 23.7 Å². The van der Waals surface area contributed by atoms with Crippen LogP contribution < -0.4 is 10.0 Å². The average molecular weight is 340 g/mol. The second-order valence-corrected chi connectivity index (χ2v) is 7.78. The van der Waals surface area contributed by atoms with Gasteiger partial charge < -0.3 is 5.32 Å². The van der Waals surface area contributed by atoms with Crippen LogP contribution in [0.3, 0.4) is 0 Å². The fourth-order valence-corrected chi connectivity index (χ4v) is 2.97. The first-order chi connectivity index (χ1) is 10.8. The maximum Gasteiger partial charge on any atom is 0.251 e. The molecule has 0 aliphatic carbocycles. The minimum Gasteiger partial charge on any atom is -0.352 e. The van der Waals surface area contributed by atoms with Gasteiger partial charge in [0.1, 0.15) is 0 Å². The Morgan fingerprint density at radius 3 is 2.52 bits per heavy atom. The Balaban J connectivity index is 2.74. The summed E-state index contributed by atoms with van der Waals surface area (Å²) in [5, 5.41) is 2.95. The van der Waals surface area contributed by atoms with Gasteiger partial charge in [-0.3, -0.25) is 9.52 Å². The highest BCUT2D eigenvalue weighted by molar-refractivity contribution is 7.92. The lowest BCUT2D eigenvalue weighted by Crippen LogP contribution is -2.29. The topological polar surface area (TPSA) is 75.3 Å². The Hall–Kier alpha value is -1.56. The van der Waals surface area contributed by atoms with Crippen LogP contribution in [0.4, 0.5) is 5.69 Å². The number of amides is 1. The van der Waals surface area contributed by atoms with E-state index < -0.39 is 10.0 Å². The van der Waals surface area contributed by atoms with Crippen molar-refractivity contribution in [3.05, 3.63) is 29.3 Å². The highest BCUT2D eigenvalue weighted by Gasteiger charge is 2.12. The normalized spacial score (nSPS) is 12.7. The van der Waals surface area contributed by atoms with Crippen LogP contribution in [0.25, 0.3) is 0 Å². The molecule has 0 radical (unpaired) electrons. The summed E-state index contributed by atoms with van der Waals surface area (Å²) < 4.78 is 25.2. The van der Waals surface area contributed by atoms with Gasteiger partial charge in [-0.05, 0) is 37.0 Å². The van der Waals surface area contributed by atoms with Crippen molar-refractivity contribution < 1.29 is 13.2 Å². The van der Waals surface area contributed by atoms with Crippen molar-refractivity contribution >= 4 is 21.6 Å². The van der Waals surface area contributed by atoms with Crippen LogP contribution >= 0.6 is 0 Å². The molecule has 1 unspecified atom stereocenters. The van der Waals surface area contributed by atoms with Crippen LogP contribution in [-0.4, -0.2) is 27.1 Å². The van der Waals surface area contributed by atoms with E-state index in [-0.39, 0.29) is 5.91 Å². The predicted octanol–water partition coefficient (Wildman–Crippen LogP) is 3.31. The van der Waals surface area contributed by atoms with Gasteiger partial charge in [0.05, 0.1) is 11.9 Å². The van der Waals surface area contributed by atoms with Crippen molar-refractivity contribution in [2.45, 2.75) is 46.5 Å². The van der Waals surface area contributed by atoms with Gasteiger partial charge in [0.2, 0.25) is 10.0 Å². The highest BCUT2D eigenvalue weighted by atomic mass is 32.2. The third kappa shape index (κ3) is 7.03. The molecule has 0 aliphatic heterocycles. The Morgan fingerprint density at radius 2 is 1.96 bits per heavy atom. The number of aryl methyl sites for hydroxylation is 1. The van der Waals surface area contributed by atoms with E-state index in [9.17, 15) is 13.2 Å². The molecular formula is C17H28N2O3S. The number of carbonyl (C=O) groups is 1. The maximum atomic E-state index is 12.3. The van der Waals surface area contributed by atoms with Crippen molar-refractivity contribution in [3.8, 4) is 0 Å². The Morgan fingerprint density at radius 1 is 1.26 bits per heavy atom. The third-order valence-corrected chi connectivity index (χ3v) is 4.48. The Kier molecular flexibility index (Phi) is 7.55. The van der Waals surface area contributed by atoms with Crippen LogP contribution in [-0.2, 0) is 10.0 Å². The van der Waals surface area contributed by atoms with E-state index >= 15 is 0 Å². The lowest BCUT2D eigenvalue weighted by Gasteiger charge is -2.16. The number of hydrogen-bond donors (Lipinski definition) is 2. The zero-order valence-corrected chi connectivity index (χ0v) is 15.3. The number of hydrogen-bond acceptors (Lipinski definition) is 3. The molecule has 0 fully saturated rings. The first-order valence-electron chi connectivity index (χ1n) is 8.13. The number of nitrogens with one attached hydrogen (secondary N) is 2. The van der Waals surface area contributed by atoms with Crippen molar-refractivity contribution in [1.82, 2.24) is 5.32 Å². The smallest absolute Gasteiger partial charge is 0.251 e. The van der Waals surface area contributed by atoms with Crippen molar-refractivity contribution in [2.75, 3.05) is 17.5 Å². The first-order valence-corrected chi connectivity index (χ1v) is 10.0. The Labute approximate surface area is 139 Å². The van der Waals surface area contributed by atoms with Crippen LogP contribution in [0.2, 0.25) is 0 Å². The SMILES string of the molecule is CCCCC(CC)CNC(=O)c1ccc(C)c(NS(C)(=O)=O)c1. The van der Waals surface area contributed by atoms with Crippen LogP contribution in [0.15, 0.2) is 18.2 Å². The Bertz CT molecular complexity index is 627. The molecule has 0 bridgehead atoms. The number of sulfonamides is 1. The van der Waals surface area contributed by atoms with E-state index in [4.69, 9.17) is 0 Å². The number of unbranched alkanes of at least 4 members (excludes halogenated alkanes) is 1. The summed E-state index contributed by atoms with van der Waals surface area (Å²) in [5.74, 6) is 0.314. The van der Waals surface area contributed by atoms with Gasteiger partial charge in [0, 0.05) is 12.1 Å². The molecule has 0 aromatic heterocycles. The first kappa shape index (κ1) is 19.5. The molecule has 6 heteroatoms. The molecule has 0 heterocycles. The molecule has 5 nitrogen and oxygen atoms in total. The molecule has 1 atom stereocenters. The van der Waals surface area contributed by atoms with Gasteiger partial charge in [-0.25, -0.2) is 8.42 Å². The van der Waals surface area contributed by atoms with E-state index in [1.165, 1.54) is 6.42 Å². The number of anilines is 1. The quantitative estimate of drug-likeness (QED) is 0.724. The maximum absolute atomic E-state index is 12.3. The fourth-order valence-electron chi connectivity index (χ4n) is 2.36. The molecule has 1 rings (SSSR count). The second-order valence-electron chi connectivity index (χ2n) is 6.03. The van der Waals surface area contributed by atoms with Gasteiger partial charge in [-0.15, -0.1) is 0 Å². The molecular weight excluding hydrogens is 312 g/mol. The van der Waals surface area contributed by atoms with Gasteiger partial charge >= 0.3 is 0 Å². The molecule has 1 amide bonds. The molecule has 0 saturated carbocycles. The lowest BCUT2D eigenvalue weighted by atomic mass is 9.99. The van der Waals surface area contributed by atoms with E-state index in [2.05, 4.69) is 23.9 Å². The molecule has 1 aromatic rings. The van der Waals surface area contributed by atoms with Crippen LogP contribution in [0, 0.1) is 12.8 Å². The summed E-state index contributed by atoms with van der Waals surface area (Å²) in [6, 6.07) is 5.04. The van der Waals surface area contributed by atoms with Crippen LogP contribution in [0.1, 0.15) is 55.5 Å². The molecule has 0 aliphatic rings. The van der Waals surface area contributed by atoms with E-state index in [1.54, 1.807) is 25.1 Å². The summed E-state index contributed by atoms with van der Waals surface area (Å²) in [4.78, 5) is 12.3. The molecule has 1 aromatic carbocycles. The van der Waals surface area contributed by atoms with Crippen molar-refractivity contribution in [2.24, 2.45) is 5.92 Å². The largest absolute Gasteiger partial charge is 0.352 e. The standard InChI is InChI=1S/C17H28N2O3S/c1-5-7-8-14(6-2)12-18-17(20)15-10-9-13(3)16(11-15)19-23(4,21)22/h9-11,14,19H,5-8,12H2,1-4H3,(H,18,20). The minimum atomic E-state index is -3.36. The molecule has 0 spiro atoms. The van der Waals surface area contributed by atoms with E-state index in [1.807, 2.05) is 0 Å². The van der Waals surface area contributed by atoms with E-state index in [0.717, 1.165) is 31.1 Å². The van der Waals surface area contributed by atoms with Gasteiger partial charge in [0.15, 0.2) is 0 Å². The summed E-state index contributed by atoms with van der Waals surface area (Å²) in [5.41, 5.74) is 1.69. The minimum absolute atomic E-state index is 0.170. The molecule has 2 N–H and O–H groups in total. The number of rotatable bonds is 9. The zero-order chi connectivity index (χ0) is 17.5. The molecule has 130 valence electrons. The van der Waals surface area contributed by atoms with Crippen molar-refractivity contribution in [3.63, 3.8) is 0 Å². The second kappa shape index (κ2) is 8.91. The fraction of sp³-hybridized carbons (Fsp3) is 0.588. The summed E-state index contributed by atoms with van der Waals surface area (Å²) in [6.07, 6.45) is 5.57. The third-order valence-electron chi connectivity index (χ3n) is 3.89. The number of benzene rings is 1. The average Bonchev–Trinajstić information content (AvgIpc) is 2.48. The number of carbonyl (C=O) groups excluding carboxylic acids is 1. The molecule has 0 saturated heterocycles. The zero-order valence-electron chi connectivity index (χ0n) is 14.5. The van der Waals surface area contributed by atoms with Gasteiger partial charge in [-0.1, -0.05) is 39.2 Å². The van der Waals surface area contributed by atoms with Gasteiger partial charge in [-0.2, -0.15) is 0 Å². The molecule has 23 heavy (non-hydrogen) atoms. The predicted molar refractivity (Wildman–Crippen MR) is 95.3 cm³/mol. The summed E-state index contributed by atoms with van der Waals surface area (Å²) in [7, 11) is -3.36. The van der Waals surface area contributed by atoms with Crippen LogP contribution in [0.5, 0.6) is 0 Å². The van der Waals surface area contributed by atoms with Gasteiger partial charge in [0.25, 0.3) is 5.91 Å². The lowest BCUT2D eigenvalue weighted by molar-refractivity contribution is 0.0946. The summed E-state index contributed by atoms with van der Waals surface area (Å²) >= 11 is 0. The monoisotopic (exact) mass is 340 g/mol. The highest BCUT2D eigenvalue weighted by Crippen LogP contribution is 2.18. The van der Waals surface area contributed by atoms with Crippen molar-refractivity contribution in [1.29, 1.82) is 0 Å².